The van der Waals surface area contributed by atoms with E-state index in [1.807, 2.05) is 30.3 Å². The number of hydrogen-bond acceptors (Lipinski definition) is 4. The molecule has 0 saturated heterocycles. The zero-order valence-corrected chi connectivity index (χ0v) is 17.5. The highest BCUT2D eigenvalue weighted by molar-refractivity contribution is 9.10. The molecule has 2 aromatic heterocycles. The van der Waals surface area contributed by atoms with Gasteiger partial charge in [0.15, 0.2) is 0 Å². The lowest BCUT2D eigenvalue weighted by Crippen LogP contribution is -2.41. The molecule has 0 aliphatic heterocycles. The van der Waals surface area contributed by atoms with Crippen molar-refractivity contribution in [3.05, 3.63) is 89.1 Å². The van der Waals surface area contributed by atoms with Crippen LogP contribution in [0.3, 0.4) is 0 Å². The molecule has 4 aromatic rings. The lowest BCUT2D eigenvalue weighted by atomic mass is 9.86. The molecule has 154 valence electrons. The molecule has 0 saturated carbocycles. The van der Waals surface area contributed by atoms with Crippen molar-refractivity contribution in [2.75, 3.05) is 0 Å². The molecule has 4 rings (SSSR count). The first-order valence-electron chi connectivity index (χ1n) is 9.18. The quantitative estimate of drug-likeness (QED) is 0.452. The van der Waals surface area contributed by atoms with Crippen LogP contribution in [0.15, 0.2) is 71.9 Å². The highest BCUT2D eigenvalue weighted by Gasteiger charge is 2.41. The molecule has 0 bridgehead atoms. The van der Waals surface area contributed by atoms with Crippen molar-refractivity contribution in [1.29, 1.82) is 0 Å². The second-order valence-corrected chi connectivity index (χ2v) is 7.90. The number of hydrogen-bond donors (Lipinski definition) is 1. The largest absolute Gasteiger partial charge is 0.381 e. The Labute approximate surface area is 179 Å². The Morgan fingerprint density at radius 1 is 1.13 bits per heavy atom. The van der Waals surface area contributed by atoms with E-state index in [1.54, 1.807) is 17.8 Å². The Balaban J connectivity index is 1.83. The monoisotopic (exact) mass is 473 g/mol. The van der Waals surface area contributed by atoms with Gasteiger partial charge in [-0.05, 0) is 31.2 Å². The minimum atomic E-state index is -1.79. The van der Waals surface area contributed by atoms with Crippen molar-refractivity contribution < 1.29 is 13.9 Å². The Morgan fingerprint density at radius 3 is 2.67 bits per heavy atom. The molecule has 2 atom stereocenters. The van der Waals surface area contributed by atoms with Gasteiger partial charge in [-0.25, -0.2) is 18.4 Å². The summed E-state index contributed by atoms with van der Waals surface area (Å²) in [5.41, 5.74) is -0.236. The maximum absolute atomic E-state index is 14.8. The lowest BCUT2D eigenvalue weighted by molar-refractivity contribution is -0.0363. The molecule has 0 unspecified atom stereocenters. The fourth-order valence-electron chi connectivity index (χ4n) is 3.55. The number of benzene rings is 2. The minimum absolute atomic E-state index is 0.0532. The molecule has 1 N–H and O–H groups in total. The first-order valence-corrected chi connectivity index (χ1v) is 9.97. The summed E-state index contributed by atoms with van der Waals surface area (Å²) >= 11 is 3.46. The van der Waals surface area contributed by atoms with E-state index in [4.69, 9.17) is 0 Å². The molecule has 0 spiro atoms. The highest BCUT2D eigenvalue weighted by atomic mass is 79.9. The van der Waals surface area contributed by atoms with Crippen LogP contribution in [0.2, 0.25) is 0 Å². The third-order valence-electron chi connectivity index (χ3n) is 5.12. The average molecular weight is 474 g/mol. The van der Waals surface area contributed by atoms with E-state index in [2.05, 4.69) is 31.1 Å². The van der Waals surface area contributed by atoms with E-state index < -0.39 is 23.3 Å². The van der Waals surface area contributed by atoms with Gasteiger partial charge in [-0.15, -0.1) is 0 Å². The molecule has 2 heterocycles. The van der Waals surface area contributed by atoms with Gasteiger partial charge in [0, 0.05) is 27.9 Å². The molecular weight excluding hydrogens is 456 g/mol. The predicted octanol–water partition coefficient (Wildman–Crippen LogP) is 4.33. The smallest absolute Gasteiger partial charge is 0.137 e. The van der Waals surface area contributed by atoms with Crippen LogP contribution in [0.25, 0.3) is 11.3 Å². The maximum atomic E-state index is 14.8. The molecule has 2 aromatic carbocycles. The zero-order chi connectivity index (χ0) is 21.3. The number of halogens is 3. The van der Waals surface area contributed by atoms with Crippen LogP contribution in [0.5, 0.6) is 0 Å². The molecule has 6 nitrogen and oxygen atoms in total. The van der Waals surface area contributed by atoms with E-state index in [0.717, 1.165) is 27.9 Å². The Kier molecular flexibility index (Phi) is 5.48. The highest BCUT2D eigenvalue weighted by Crippen LogP contribution is 2.38. The fourth-order valence-corrected chi connectivity index (χ4v) is 3.95. The van der Waals surface area contributed by atoms with Gasteiger partial charge in [0.2, 0.25) is 0 Å². The maximum Gasteiger partial charge on any atom is 0.137 e. The van der Waals surface area contributed by atoms with Crippen molar-refractivity contribution in [2.45, 2.75) is 25.1 Å². The topological polar surface area (TPSA) is 68.8 Å². The van der Waals surface area contributed by atoms with Crippen LogP contribution in [0.1, 0.15) is 18.5 Å². The van der Waals surface area contributed by atoms with E-state index >= 15 is 0 Å². The second-order valence-electron chi connectivity index (χ2n) is 6.99. The summed E-state index contributed by atoms with van der Waals surface area (Å²) in [5, 5.41) is 20.2. The van der Waals surface area contributed by atoms with Crippen molar-refractivity contribution in [2.24, 2.45) is 0 Å². The summed E-state index contributed by atoms with van der Waals surface area (Å²) in [5.74, 6) is -1.57. The number of nitrogens with zero attached hydrogens (tertiary/aromatic N) is 5. The van der Waals surface area contributed by atoms with Crippen molar-refractivity contribution >= 4 is 15.9 Å². The molecule has 0 aliphatic rings. The molecule has 0 aliphatic carbocycles. The summed E-state index contributed by atoms with van der Waals surface area (Å²) in [7, 11) is 0. The Morgan fingerprint density at radius 2 is 1.97 bits per heavy atom. The second kappa shape index (κ2) is 8.08. The van der Waals surface area contributed by atoms with E-state index in [1.165, 1.54) is 23.4 Å². The molecule has 0 radical (unpaired) electrons. The van der Waals surface area contributed by atoms with Gasteiger partial charge in [-0.3, -0.25) is 4.68 Å². The Hall–Kier alpha value is -2.91. The van der Waals surface area contributed by atoms with Gasteiger partial charge in [0.25, 0.3) is 0 Å². The lowest BCUT2D eigenvalue weighted by Gasteiger charge is -2.35. The number of rotatable bonds is 6. The van der Waals surface area contributed by atoms with Crippen LogP contribution in [0, 0.1) is 11.6 Å². The normalized spacial score (nSPS) is 14.4. The zero-order valence-electron chi connectivity index (χ0n) is 16.0. The first kappa shape index (κ1) is 20.4. The van der Waals surface area contributed by atoms with E-state index in [0.29, 0.717) is 0 Å². The summed E-state index contributed by atoms with van der Waals surface area (Å²) in [6, 6.07) is 11.9. The summed E-state index contributed by atoms with van der Waals surface area (Å²) < 4.78 is 32.2. The van der Waals surface area contributed by atoms with Gasteiger partial charge in [-0.1, -0.05) is 34.1 Å². The molecule has 9 heteroatoms. The molecular formula is C21H18BrF2N5O. The first-order chi connectivity index (χ1) is 14.4. The van der Waals surface area contributed by atoms with E-state index in [9.17, 15) is 13.9 Å². The van der Waals surface area contributed by atoms with Crippen LogP contribution in [-0.4, -0.2) is 29.7 Å². The fraction of sp³-hybridized carbons (Fsp3) is 0.190. The van der Waals surface area contributed by atoms with Gasteiger partial charge in [0.1, 0.15) is 29.9 Å². The third kappa shape index (κ3) is 3.78. The molecule has 0 amide bonds. The average Bonchev–Trinajstić information content (AvgIpc) is 3.39. The Bertz CT molecular complexity index is 1160. The van der Waals surface area contributed by atoms with Crippen molar-refractivity contribution in [1.82, 2.24) is 24.5 Å². The van der Waals surface area contributed by atoms with Crippen LogP contribution < -0.4 is 0 Å². The van der Waals surface area contributed by atoms with Crippen LogP contribution in [-0.2, 0) is 12.1 Å². The SMILES string of the molecule is C[C@@H](n1nccc1-c1cccc(Br)c1)[C@](O)(Cn1cncn1)c1ccc(F)cc1F. The number of aromatic nitrogens is 5. The standard InChI is InChI=1S/C21H18BrF2N5O/c1-14(29-20(7-8-26-29)15-3-2-4-16(22)9-15)21(30,11-28-13-25-12-27-28)18-6-5-17(23)10-19(18)24/h2-10,12-14,30H,11H2,1H3/t14-,21-/m1/s1. The number of aliphatic hydroxyl groups is 1. The van der Waals surface area contributed by atoms with Gasteiger partial charge in [0.05, 0.1) is 18.3 Å². The summed E-state index contributed by atoms with van der Waals surface area (Å²) in [6.07, 6.45) is 4.37. The van der Waals surface area contributed by atoms with E-state index in [-0.39, 0.29) is 12.1 Å². The summed E-state index contributed by atoms with van der Waals surface area (Å²) in [4.78, 5) is 3.89. The van der Waals surface area contributed by atoms with Crippen LogP contribution >= 0.6 is 15.9 Å². The van der Waals surface area contributed by atoms with Crippen molar-refractivity contribution in [3.8, 4) is 11.3 Å². The minimum Gasteiger partial charge on any atom is -0.381 e. The molecule has 0 fully saturated rings. The molecule has 30 heavy (non-hydrogen) atoms. The predicted molar refractivity (Wildman–Crippen MR) is 110 cm³/mol. The van der Waals surface area contributed by atoms with Gasteiger partial charge < -0.3 is 5.11 Å². The van der Waals surface area contributed by atoms with Gasteiger partial charge >= 0.3 is 0 Å². The summed E-state index contributed by atoms with van der Waals surface area (Å²) in [6.45, 7) is 1.63. The van der Waals surface area contributed by atoms with Crippen molar-refractivity contribution in [3.63, 3.8) is 0 Å². The van der Waals surface area contributed by atoms with Gasteiger partial charge in [-0.2, -0.15) is 10.2 Å². The van der Waals surface area contributed by atoms with Crippen LogP contribution in [0.4, 0.5) is 8.78 Å². The third-order valence-corrected chi connectivity index (χ3v) is 5.61.